The average molecular weight is 421 g/mol. The Labute approximate surface area is 187 Å². The van der Waals surface area contributed by atoms with E-state index < -0.39 is 0 Å². The molecule has 0 aliphatic carbocycles. The largest absolute Gasteiger partial charge is 0.487 e. The molecule has 5 nitrogen and oxygen atoms in total. The van der Waals surface area contributed by atoms with Gasteiger partial charge in [0, 0.05) is 11.8 Å². The number of benzene rings is 3. The molecule has 0 saturated carbocycles. The summed E-state index contributed by atoms with van der Waals surface area (Å²) in [6.45, 7) is 0.457. The van der Waals surface area contributed by atoms with E-state index in [9.17, 15) is 0 Å². The average Bonchev–Trinajstić information content (AvgIpc) is 3.35. The number of pyridine rings is 1. The number of fused-ring (bicyclic) bond motifs is 1. The highest BCUT2D eigenvalue weighted by Gasteiger charge is 2.04. The molecule has 0 spiro atoms. The maximum Gasteiger partial charge on any atom is 0.130 e. The molecule has 5 heteroatoms. The number of hydrogen-bond donors (Lipinski definition) is 1. The summed E-state index contributed by atoms with van der Waals surface area (Å²) < 4.78 is 6.03. The molecule has 0 bridgehead atoms. The van der Waals surface area contributed by atoms with Crippen LogP contribution in [0.15, 0.2) is 91.1 Å². The van der Waals surface area contributed by atoms with E-state index in [0.29, 0.717) is 6.61 Å². The topological polar surface area (TPSA) is 63.7 Å². The number of H-pyrrole nitrogens is 1. The second-order valence-electron chi connectivity index (χ2n) is 7.89. The second kappa shape index (κ2) is 9.43. The summed E-state index contributed by atoms with van der Waals surface area (Å²) in [5.74, 6) is 0.872. The first kappa shape index (κ1) is 19.9. The molecule has 0 radical (unpaired) electrons. The van der Waals surface area contributed by atoms with E-state index in [1.165, 1.54) is 16.7 Å². The van der Waals surface area contributed by atoms with Crippen LogP contribution in [-0.2, 0) is 25.9 Å². The molecule has 0 aliphatic rings. The molecule has 0 fully saturated rings. The molecule has 0 saturated heterocycles. The lowest BCUT2D eigenvalue weighted by Crippen LogP contribution is -1.99. The number of para-hydroxylation sites is 1. The van der Waals surface area contributed by atoms with Gasteiger partial charge in [0.05, 0.1) is 23.1 Å². The monoisotopic (exact) mass is 420 g/mol. The molecule has 0 atom stereocenters. The SMILES string of the molecule is c1cc(CCc2cccc(OCc3ccc4ccccc4n3)c2)cc(Cc2cn[nH]n2)c1. The van der Waals surface area contributed by atoms with Gasteiger partial charge < -0.3 is 4.74 Å². The van der Waals surface area contributed by atoms with Crippen LogP contribution in [0.25, 0.3) is 10.9 Å². The minimum absolute atomic E-state index is 0.457. The van der Waals surface area contributed by atoms with Gasteiger partial charge in [-0.15, -0.1) is 0 Å². The molecular weight excluding hydrogens is 396 g/mol. The van der Waals surface area contributed by atoms with Crippen LogP contribution in [0.4, 0.5) is 0 Å². The molecule has 5 aromatic rings. The quantitative estimate of drug-likeness (QED) is 0.370. The van der Waals surface area contributed by atoms with Gasteiger partial charge in [0.25, 0.3) is 0 Å². The number of hydrogen-bond acceptors (Lipinski definition) is 4. The van der Waals surface area contributed by atoms with Crippen molar-refractivity contribution < 1.29 is 4.74 Å². The summed E-state index contributed by atoms with van der Waals surface area (Å²) in [5, 5.41) is 11.8. The third kappa shape index (κ3) is 5.01. The molecule has 158 valence electrons. The Morgan fingerprint density at radius 2 is 1.53 bits per heavy atom. The van der Waals surface area contributed by atoms with Crippen LogP contribution >= 0.6 is 0 Å². The molecule has 0 amide bonds. The Balaban J connectivity index is 1.19. The van der Waals surface area contributed by atoms with E-state index in [-0.39, 0.29) is 0 Å². The number of aromatic amines is 1. The van der Waals surface area contributed by atoms with Gasteiger partial charge in [-0.2, -0.15) is 15.4 Å². The Morgan fingerprint density at radius 1 is 0.719 bits per heavy atom. The van der Waals surface area contributed by atoms with Gasteiger partial charge in [-0.05, 0) is 53.8 Å². The molecule has 1 N–H and O–H groups in total. The van der Waals surface area contributed by atoms with Crippen molar-refractivity contribution in [3.63, 3.8) is 0 Å². The van der Waals surface area contributed by atoms with E-state index in [4.69, 9.17) is 4.74 Å². The van der Waals surface area contributed by atoms with Crippen molar-refractivity contribution in [2.45, 2.75) is 25.9 Å². The maximum atomic E-state index is 6.03. The number of nitrogens with one attached hydrogen (secondary N) is 1. The molecule has 0 unspecified atom stereocenters. The standard InChI is InChI=1S/C27H24N4O/c1-2-10-27-23(8-1)13-14-24(29-27)19-32-26-9-4-6-21(17-26)12-11-20-5-3-7-22(15-20)16-25-18-28-31-30-25/h1-10,13-15,17-18H,11-12,16,19H2,(H,28,30,31). The van der Waals surface area contributed by atoms with Crippen molar-refractivity contribution in [3.05, 3.63) is 119 Å². The Bertz CT molecular complexity index is 1310. The maximum absolute atomic E-state index is 6.03. The van der Waals surface area contributed by atoms with Gasteiger partial charge in [-0.1, -0.05) is 60.7 Å². The van der Waals surface area contributed by atoms with Crippen LogP contribution in [0.1, 0.15) is 28.1 Å². The Kier molecular flexibility index (Phi) is 5.88. The number of nitrogens with zero attached hydrogens (tertiary/aromatic N) is 3. The van der Waals surface area contributed by atoms with E-state index in [0.717, 1.165) is 47.3 Å². The normalized spacial score (nSPS) is 11.0. The first-order chi connectivity index (χ1) is 15.8. The number of rotatable bonds is 8. The first-order valence-electron chi connectivity index (χ1n) is 10.8. The molecular formula is C27H24N4O. The third-order valence-electron chi connectivity index (χ3n) is 5.49. The number of aryl methyl sites for hydroxylation is 2. The molecule has 32 heavy (non-hydrogen) atoms. The van der Waals surface area contributed by atoms with Crippen molar-refractivity contribution >= 4 is 10.9 Å². The fourth-order valence-electron chi connectivity index (χ4n) is 3.84. The third-order valence-corrected chi connectivity index (χ3v) is 5.49. The van der Waals surface area contributed by atoms with Crippen LogP contribution in [0, 0.1) is 0 Å². The summed E-state index contributed by atoms with van der Waals surface area (Å²) in [7, 11) is 0. The van der Waals surface area contributed by atoms with Gasteiger partial charge >= 0.3 is 0 Å². The fraction of sp³-hybridized carbons (Fsp3) is 0.148. The summed E-state index contributed by atoms with van der Waals surface area (Å²) in [6.07, 6.45) is 4.49. The van der Waals surface area contributed by atoms with Gasteiger partial charge in [-0.3, -0.25) is 0 Å². The van der Waals surface area contributed by atoms with Crippen LogP contribution in [0.5, 0.6) is 5.75 Å². The van der Waals surface area contributed by atoms with Crippen LogP contribution in [0.3, 0.4) is 0 Å². The highest BCUT2D eigenvalue weighted by Crippen LogP contribution is 2.19. The lowest BCUT2D eigenvalue weighted by Gasteiger charge is -2.09. The predicted octanol–water partition coefficient (Wildman–Crippen LogP) is 5.31. The van der Waals surface area contributed by atoms with Crippen molar-refractivity contribution in [3.8, 4) is 5.75 Å². The molecule has 0 aliphatic heterocycles. The molecule has 2 heterocycles. The lowest BCUT2D eigenvalue weighted by molar-refractivity contribution is 0.301. The Morgan fingerprint density at radius 3 is 2.41 bits per heavy atom. The highest BCUT2D eigenvalue weighted by molar-refractivity contribution is 5.78. The second-order valence-corrected chi connectivity index (χ2v) is 7.89. The van der Waals surface area contributed by atoms with E-state index in [1.807, 2.05) is 30.3 Å². The predicted molar refractivity (Wildman–Crippen MR) is 126 cm³/mol. The van der Waals surface area contributed by atoms with Crippen molar-refractivity contribution in [2.75, 3.05) is 0 Å². The fourth-order valence-corrected chi connectivity index (χ4v) is 3.84. The highest BCUT2D eigenvalue weighted by atomic mass is 16.5. The minimum Gasteiger partial charge on any atom is -0.487 e. The molecule has 5 rings (SSSR count). The lowest BCUT2D eigenvalue weighted by atomic mass is 10.0. The van der Waals surface area contributed by atoms with Gasteiger partial charge in [-0.25, -0.2) is 4.98 Å². The van der Waals surface area contributed by atoms with Crippen LogP contribution < -0.4 is 4.74 Å². The van der Waals surface area contributed by atoms with E-state index in [1.54, 1.807) is 6.20 Å². The van der Waals surface area contributed by atoms with Crippen molar-refractivity contribution in [1.82, 2.24) is 20.4 Å². The van der Waals surface area contributed by atoms with Crippen LogP contribution in [0.2, 0.25) is 0 Å². The number of aromatic nitrogens is 4. The Hall–Kier alpha value is -3.99. The van der Waals surface area contributed by atoms with Gasteiger partial charge in [0.1, 0.15) is 12.4 Å². The summed E-state index contributed by atoms with van der Waals surface area (Å²) in [5.41, 5.74) is 6.70. The molecule has 2 aromatic heterocycles. The molecule has 3 aromatic carbocycles. The first-order valence-corrected chi connectivity index (χ1v) is 10.8. The van der Waals surface area contributed by atoms with E-state index >= 15 is 0 Å². The summed E-state index contributed by atoms with van der Waals surface area (Å²) in [6, 6.07) is 29.3. The van der Waals surface area contributed by atoms with Gasteiger partial charge in [0.15, 0.2) is 0 Å². The smallest absolute Gasteiger partial charge is 0.130 e. The summed E-state index contributed by atoms with van der Waals surface area (Å²) >= 11 is 0. The zero-order valence-corrected chi connectivity index (χ0v) is 17.7. The zero-order chi connectivity index (χ0) is 21.6. The van der Waals surface area contributed by atoms with E-state index in [2.05, 4.69) is 75.0 Å². The van der Waals surface area contributed by atoms with Gasteiger partial charge in [0.2, 0.25) is 0 Å². The number of ether oxygens (including phenoxy) is 1. The van der Waals surface area contributed by atoms with Crippen molar-refractivity contribution in [1.29, 1.82) is 0 Å². The zero-order valence-electron chi connectivity index (χ0n) is 17.7. The van der Waals surface area contributed by atoms with Crippen LogP contribution in [-0.4, -0.2) is 20.4 Å². The minimum atomic E-state index is 0.457. The summed E-state index contributed by atoms with van der Waals surface area (Å²) in [4.78, 5) is 4.69. The van der Waals surface area contributed by atoms with Crippen molar-refractivity contribution in [2.24, 2.45) is 0 Å².